The second-order valence-electron chi connectivity index (χ2n) is 4.67. The molecule has 0 bridgehead atoms. The molecule has 7 nitrogen and oxygen atoms in total. The maximum Gasteiger partial charge on any atom is 0.287 e. The van der Waals surface area contributed by atoms with Crippen molar-refractivity contribution in [2.24, 2.45) is 5.84 Å². The van der Waals surface area contributed by atoms with Crippen LogP contribution in [0, 0.1) is 0 Å². The number of benzene rings is 1. The van der Waals surface area contributed by atoms with Crippen LogP contribution in [0.15, 0.2) is 34.9 Å². The molecule has 0 spiro atoms. The van der Waals surface area contributed by atoms with E-state index in [-0.39, 0.29) is 5.69 Å². The molecule has 0 aliphatic heterocycles. The maximum absolute atomic E-state index is 11.3. The summed E-state index contributed by atoms with van der Waals surface area (Å²) in [6, 6.07) is 9.42. The number of methoxy groups -OCH3 is 1. The summed E-state index contributed by atoms with van der Waals surface area (Å²) in [5.41, 5.74) is 3.33. The van der Waals surface area contributed by atoms with Crippen LogP contribution in [0.5, 0.6) is 5.75 Å². The Kier molecular flexibility index (Phi) is 4.91. The zero-order valence-electron chi connectivity index (χ0n) is 12.0. The summed E-state index contributed by atoms with van der Waals surface area (Å²) in [6.07, 6.45) is 0. The minimum atomic E-state index is -0.470. The Bertz CT molecular complexity index is 595. The van der Waals surface area contributed by atoms with Gasteiger partial charge in [-0.2, -0.15) is 0 Å². The average molecular weight is 290 g/mol. The number of nitrogen functional groups attached to an aromatic ring is 1. The van der Waals surface area contributed by atoms with Crippen LogP contribution in [0.1, 0.15) is 21.8 Å². The van der Waals surface area contributed by atoms with Gasteiger partial charge in [-0.3, -0.25) is 15.1 Å². The van der Waals surface area contributed by atoms with E-state index in [1.165, 1.54) is 0 Å². The Morgan fingerprint density at radius 2 is 2.10 bits per heavy atom. The van der Waals surface area contributed by atoms with Gasteiger partial charge in [0.2, 0.25) is 0 Å². The van der Waals surface area contributed by atoms with Crippen LogP contribution < -0.4 is 16.0 Å². The first-order chi connectivity index (χ1) is 10.1. The molecular weight excluding hydrogens is 272 g/mol. The quantitative estimate of drug-likeness (QED) is 0.467. The summed E-state index contributed by atoms with van der Waals surface area (Å²) in [6.45, 7) is 1.28. The van der Waals surface area contributed by atoms with Crippen molar-refractivity contribution in [2.45, 2.75) is 13.1 Å². The Morgan fingerprint density at radius 3 is 2.71 bits per heavy atom. The molecule has 1 aromatic heterocycles. The molecule has 0 saturated heterocycles. The van der Waals surface area contributed by atoms with Crippen LogP contribution in [0.3, 0.4) is 0 Å². The van der Waals surface area contributed by atoms with E-state index < -0.39 is 5.91 Å². The van der Waals surface area contributed by atoms with Crippen LogP contribution >= 0.6 is 0 Å². The number of carbonyl (C=O) groups excluding carboxylic acids is 1. The molecule has 2 rings (SSSR count). The monoisotopic (exact) mass is 290 g/mol. The largest absolute Gasteiger partial charge is 0.497 e. The van der Waals surface area contributed by atoms with Crippen LogP contribution in [0.4, 0.5) is 0 Å². The van der Waals surface area contributed by atoms with Gasteiger partial charge in [-0.25, -0.2) is 5.84 Å². The molecule has 0 saturated carbocycles. The predicted octanol–water partition coefficient (Wildman–Crippen LogP) is 0.919. The highest BCUT2D eigenvalue weighted by atomic mass is 16.5. The molecule has 1 amide bonds. The summed E-state index contributed by atoms with van der Waals surface area (Å²) in [5, 5.41) is 3.66. The summed E-state index contributed by atoms with van der Waals surface area (Å²) in [4.78, 5) is 13.3. The number of aromatic nitrogens is 1. The van der Waals surface area contributed by atoms with Crippen molar-refractivity contribution in [3.05, 3.63) is 47.3 Å². The molecule has 3 N–H and O–H groups in total. The number of nitrogens with one attached hydrogen (secondary N) is 1. The van der Waals surface area contributed by atoms with E-state index in [9.17, 15) is 4.79 Å². The molecule has 7 heteroatoms. The first kappa shape index (κ1) is 15.0. The molecule has 0 unspecified atom stereocenters. The van der Waals surface area contributed by atoms with Crippen molar-refractivity contribution in [1.29, 1.82) is 0 Å². The topological polar surface area (TPSA) is 93.6 Å². The fourth-order valence-corrected chi connectivity index (χ4v) is 1.93. The summed E-state index contributed by atoms with van der Waals surface area (Å²) < 4.78 is 10.2. The lowest BCUT2D eigenvalue weighted by Crippen LogP contribution is -2.30. The number of hydrazine groups is 1. The van der Waals surface area contributed by atoms with Gasteiger partial charge in [-0.1, -0.05) is 17.3 Å². The van der Waals surface area contributed by atoms with E-state index in [0.717, 1.165) is 17.9 Å². The van der Waals surface area contributed by atoms with E-state index in [4.69, 9.17) is 15.1 Å². The van der Waals surface area contributed by atoms with Gasteiger partial charge in [0.05, 0.1) is 13.7 Å². The number of hydrogen-bond acceptors (Lipinski definition) is 6. The summed E-state index contributed by atoms with van der Waals surface area (Å²) >= 11 is 0. The third-order valence-corrected chi connectivity index (χ3v) is 2.96. The van der Waals surface area contributed by atoms with Crippen LogP contribution in [0.2, 0.25) is 0 Å². The number of rotatable bonds is 6. The van der Waals surface area contributed by atoms with E-state index in [2.05, 4.69) is 5.16 Å². The minimum absolute atomic E-state index is 0.172. The highest BCUT2D eigenvalue weighted by Crippen LogP contribution is 2.14. The smallest absolute Gasteiger partial charge is 0.287 e. The molecule has 0 atom stereocenters. The Hall–Kier alpha value is -2.38. The van der Waals surface area contributed by atoms with Crippen molar-refractivity contribution >= 4 is 5.91 Å². The van der Waals surface area contributed by atoms with E-state index in [0.29, 0.717) is 12.3 Å². The highest BCUT2D eigenvalue weighted by Gasteiger charge is 2.12. The van der Waals surface area contributed by atoms with Gasteiger partial charge in [0.1, 0.15) is 5.75 Å². The molecule has 0 aliphatic rings. The summed E-state index contributed by atoms with van der Waals surface area (Å²) in [5.74, 6) is 6.00. The van der Waals surface area contributed by atoms with Gasteiger partial charge in [-0.05, 0) is 24.7 Å². The normalized spacial score (nSPS) is 10.7. The fourth-order valence-electron chi connectivity index (χ4n) is 1.93. The number of ether oxygens (including phenoxy) is 1. The van der Waals surface area contributed by atoms with Crippen molar-refractivity contribution < 1.29 is 14.1 Å². The van der Waals surface area contributed by atoms with Crippen molar-refractivity contribution in [2.75, 3.05) is 14.2 Å². The molecule has 21 heavy (non-hydrogen) atoms. The van der Waals surface area contributed by atoms with Crippen LogP contribution in [-0.2, 0) is 13.1 Å². The number of carbonyl (C=O) groups is 1. The van der Waals surface area contributed by atoms with E-state index in [1.54, 1.807) is 13.2 Å². The zero-order valence-corrected chi connectivity index (χ0v) is 12.0. The SMILES string of the molecule is COc1ccc(CN(C)Cc2cc(C(=O)NN)no2)cc1. The Labute approximate surface area is 122 Å². The number of nitrogens with zero attached hydrogens (tertiary/aromatic N) is 2. The lowest BCUT2D eigenvalue weighted by Gasteiger charge is -2.14. The zero-order chi connectivity index (χ0) is 15.2. The first-order valence-electron chi connectivity index (χ1n) is 6.40. The van der Waals surface area contributed by atoms with Gasteiger partial charge >= 0.3 is 0 Å². The van der Waals surface area contributed by atoms with Gasteiger partial charge in [0.25, 0.3) is 5.91 Å². The van der Waals surface area contributed by atoms with Crippen molar-refractivity contribution in [3.8, 4) is 5.75 Å². The second kappa shape index (κ2) is 6.87. The first-order valence-corrected chi connectivity index (χ1v) is 6.40. The van der Waals surface area contributed by atoms with Crippen LogP contribution in [0.25, 0.3) is 0 Å². The minimum Gasteiger partial charge on any atom is -0.497 e. The standard InChI is InChI=1S/C14H18N4O3/c1-18(8-10-3-5-11(20-2)6-4-10)9-12-7-13(17-21-12)14(19)16-15/h3-7H,8-9,15H2,1-2H3,(H,16,19). The Morgan fingerprint density at radius 1 is 1.38 bits per heavy atom. The molecule has 112 valence electrons. The highest BCUT2D eigenvalue weighted by molar-refractivity contribution is 5.91. The molecule has 0 aliphatic carbocycles. The lowest BCUT2D eigenvalue weighted by molar-refractivity contribution is 0.0944. The number of nitrogens with two attached hydrogens (primary N) is 1. The number of amides is 1. The van der Waals surface area contributed by atoms with Crippen molar-refractivity contribution in [3.63, 3.8) is 0 Å². The second-order valence-corrected chi connectivity index (χ2v) is 4.67. The van der Waals surface area contributed by atoms with Gasteiger partial charge in [0.15, 0.2) is 11.5 Å². The van der Waals surface area contributed by atoms with E-state index >= 15 is 0 Å². The maximum atomic E-state index is 11.3. The third kappa shape index (κ3) is 4.04. The average Bonchev–Trinajstić information content (AvgIpc) is 2.95. The predicted molar refractivity (Wildman–Crippen MR) is 76.3 cm³/mol. The molecular formula is C14H18N4O3. The van der Waals surface area contributed by atoms with E-state index in [1.807, 2.05) is 41.6 Å². The van der Waals surface area contributed by atoms with Crippen molar-refractivity contribution in [1.82, 2.24) is 15.5 Å². The molecule has 0 radical (unpaired) electrons. The van der Waals surface area contributed by atoms with Crippen LogP contribution in [-0.4, -0.2) is 30.1 Å². The number of hydrogen-bond donors (Lipinski definition) is 2. The van der Waals surface area contributed by atoms with Gasteiger partial charge in [-0.15, -0.1) is 0 Å². The van der Waals surface area contributed by atoms with Gasteiger partial charge < -0.3 is 9.26 Å². The Balaban J connectivity index is 1.92. The molecule has 0 fully saturated rings. The summed E-state index contributed by atoms with van der Waals surface area (Å²) in [7, 11) is 3.59. The van der Waals surface area contributed by atoms with Gasteiger partial charge in [0, 0.05) is 12.6 Å². The fraction of sp³-hybridized carbons (Fsp3) is 0.286. The third-order valence-electron chi connectivity index (χ3n) is 2.96. The molecule has 1 aromatic carbocycles. The lowest BCUT2D eigenvalue weighted by atomic mass is 10.2. The molecule has 2 aromatic rings. The molecule has 1 heterocycles.